The van der Waals surface area contributed by atoms with E-state index in [2.05, 4.69) is 0 Å². The maximum atomic E-state index is 11.3. The van der Waals surface area contributed by atoms with E-state index in [9.17, 15) is 24.6 Å². The summed E-state index contributed by atoms with van der Waals surface area (Å²) in [5.74, 6) is -2.14. The average molecular weight is 394 g/mol. The highest BCUT2D eigenvalue weighted by Gasteiger charge is 2.25. The first-order chi connectivity index (χ1) is 13.2. The fraction of sp³-hybridized carbons (Fsp3) is 0.526. The molecular formula is C19H30N4O5. The minimum absolute atomic E-state index is 0.308. The summed E-state index contributed by atoms with van der Waals surface area (Å²) >= 11 is 0. The fourth-order valence-electron chi connectivity index (χ4n) is 2.91. The third kappa shape index (κ3) is 9.45. The molecule has 0 amide bonds. The molecule has 0 fully saturated rings. The van der Waals surface area contributed by atoms with Gasteiger partial charge in [0.05, 0.1) is 19.6 Å². The number of likely N-dealkylation sites (N-methyl/N-ethyl adjacent to an activating group) is 2. The Kier molecular flexibility index (Phi) is 10.1. The zero-order valence-electron chi connectivity index (χ0n) is 16.5. The van der Waals surface area contributed by atoms with Crippen LogP contribution in [0.5, 0.6) is 0 Å². The number of aliphatic carboxylic acids is 2. The average Bonchev–Trinajstić information content (AvgIpc) is 2.60. The molecule has 0 heterocycles. The lowest BCUT2D eigenvalue weighted by molar-refractivity contribution is -0.143. The maximum absolute atomic E-state index is 11.3. The van der Waals surface area contributed by atoms with Gasteiger partial charge in [-0.3, -0.25) is 19.4 Å². The number of aldehydes is 1. The predicted molar refractivity (Wildman–Crippen MR) is 106 cm³/mol. The molecule has 0 aliphatic carbocycles. The van der Waals surface area contributed by atoms with E-state index in [-0.39, 0.29) is 19.1 Å². The van der Waals surface area contributed by atoms with Crippen molar-refractivity contribution < 1.29 is 24.6 Å². The zero-order chi connectivity index (χ0) is 21.1. The third-order valence-electron chi connectivity index (χ3n) is 4.42. The number of nitrogen functional groups attached to an aromatic ring is 1. The first kappa shape index (κ1) is 23.5. The Morgan fingerprint density at radius 2 is 1.57 bits per heavy atom. The Bertz CT molecular complexity index is 622. The molecule has 28 heavy (non-hydrogen) atoms. The van der Waals surface area contributed by atoms with E-state index < -0.39 is 11.9 Å². The number of benzene rings is 1. The van der Waals surface area contributed by atoms with Crippen LogP contribution < -0.4 is 5.73 Å². The van der Waals surface area contributed by atoms with Crippen LogP contribution in [0.1, 0.15) is 5.56 Å². The van der Waals surface area contributed by atoms with Crippen molar-refractivity contribution in [2.45, 2.75) is 12.5 Å². The summed E-state index contributed by atoms with van der Waals surface area (Å²) in [5.41, 5.74) is 7.30. The van der Waals surface area contributed by atoms with E-state index in [0.717, 1.165) is 11.8 Å². The second-order valence-corrected chi connectivity index (χ2v) is 6.98. The summed E-state index contributed by atoms with van der Waals surface area (Å²) < 4.78 is 0. The lowest BCUT2D eigenvalue weighted by Gasteiger charge is -2.33. The standard InChI is InChI=1S/C19H30N4O5/c1-21(9-10-24)7-8-22(2)12-17(11-15-3-5-16(20)6-4-15)23(13-18(25)26)14-19(27)28/h3-6,10,17H,7-9,11-14,20H2,1-2H3,(H,25,26)(H,27,28). The molecule has 0 bridgehead atoms. The molecule has 0 spiro atoms. The Morgan fingerprint density at radius 3 is 2.07 bits per heavy atom. The lowest BCUT2D eigenvalue weighted by atomic mass is 10.0. The van der Waals surface area contributed by atoms with Crippen molar-refractivity contribution >= 4 is 23.9 Å². The predicted octanol–water partition coefficient (Wildman–Crippen LogP) is -0.286. The molecule has 0 aromatic heterocycles. The van der Waals surface area contributed by atoms with Crippen molar-refractivity contribution in [3.8, 4) is 0 Å². The van der Waals surface area contributed by atoms with Crippen molar-refractivity contribution in [1.82, 2.24) is 14.7 Å². The van der Waals surface area contributed by atoms with Gasteiger partial charge in [0.1, 0.15) is 6.29 Å². The number of anilines is 1. The molecule has 156 valence electrons. The Hall–Kier alpha value is -2.49. The van der Waals surface area contributed by atoms with Gasteiger partial charge < -0.3 is 25.6 Å². The molecule has 0 saturated carbocycles. The van der Waals surface area contributed by atoms with Crippen molar-refractivity contribution in [1.29, 1.82) is 0 Å². The largest absolute Gasteiger partial charge is 0.480 e. The van der Waals surface area contributed by atoms with Gasteiger partial charge in [0.25, 0.3) is 0 Å². The van der Waals surface area contributed by atoms with E-state index in [4.69, 9.17) is 5.73 Å². The Labute approximate surface area is 165 Å². The van der Waals surface area contributed by atoms with Gasteiger partial charge >= 0.3 is 11.9 Å². The number of hydrogen-bond donors (Lipinski definition) is 3. The summed E-state index contributed by atoms with van der Waals surface area (Å²) in [6.07, 6.45) is 1.33. The molecular weight excluding hydrogens is 364 g/mol. The monoisotopic (exact) mass is 394 g/mol. The maximum Gasteiger partial charge on any atom is 0.317 e. The summed E-state index contributed by atoms with van der Waals surface area (Å²) in [4.78, 5) is 38.5. The van der Waals surface area contributed by atoms with Crippen LogP contribution in [-0.4, -0.2) is 103 Å². The highest BCUT2D eigenvalue weighted by molar-refractivity contribution is 5.72. The molecule has 1 unspecified atom stereocenters. The second kappa shape index (κ2) is 12.1. The third-order valence-corrected chi connectivity index (χ3v) is 4.42. The molecule has 1 aromatic rings. The molecule has 1 atom stereocenters. The number of carbonyl (C=O) groups is 3. The highest BCUT2D eigenvalue weighted by atomic mass is 16.4. The molecule has 4 N–H and O–H groups in total. The number of hydrogen-bond acceptors (Lipinski definition) is 7. The van der Waals surface area contributed by atoms with Gasteiger partial charge in [-0.1, -0.05) is 12.1 Å². The number of carboxylic acid groups (broad SMARTS) is 2. The van der Waals surface area contributed by atoms with E-state index in [1.165, 1.54) is 4.90 Å². The second-order valence-electron chi connectivity index (χ2n) is 6.98. The molecule has 9 nitrogen and oxygen atoms in total. The van der Waals surface area contributed by atoms with Crippen LogP contribution in [-0.2, 0) is 20.8 Å². The van der Waals surface area contributed by atoms with Gasteiger partial charge in [-0.05, 0) is 38.2 Å². The van der Waals surface area contributed by atoms with Crippen LogP contribution in [0.2, 0.25) is 0 Å². The number of rotatable bonds is 14. The topological polar surface area (TPSA) is 127 Å². The van der Waals surface area contributed by atoms with Crippen LogP contribution in [0, 0.1) is 0 Å². The lowest BCUT2D eigenvalue weighted by Crippen LogP contribution is -2.49. The summed E-state index contributed by atoms with van der Waals surface area (Å²) in [6, 6.07) is 6.95. The highest BCUT2D eigenvalue weighted by Crippen LogP contribution is 2.13. The van der Waals surface area contributed by atoms with Gasteiger partial charge in [-0.25, -0.2) is 0 Å². The van der Waals surface area contributed by atoms with Crippen molar-refractivity contribution in [3.63, 3.8) is 0 Å². The van der Waals surface area contributed by atoms with E-state index in [1.807, 2.05) is 36.0 Å². The van der Waals surface area contributed by atoms with Crippen LogP contribution in [0.15, 0.2) is 24.3 Å². The van der Waals surface area contributed by atoms with Crippen LogP contribution >= 0.6 is 0 Å². The number of nitrogens with two attached hydrogens (primary N) is 1. The molecule has 0 aliphatic rings. The SMILES string of the molecule is CN(CC=O)CCN(C)CC(Cc1ccc(N)cc1)N(CC(=O)O)CC(=O)O. The van der Waals surface area contributed by atoms with Gasteiger partial charge in [-0.2, -0.15) is 0 Å². The van der Waals surface area contributed by atoms with Crippen molar-refractivity contribution in [2.75, 3.05) is 59.1 Å². The zero-order valence-corrected chi connectivity index (χ0v) is 16.5. The molecule has 9 heteroatoms. The van der Waals surface area contributed by atoms with Crippen LogP contribution in [0.4, 0.5) is 5.69 Å². The van der Waals surface area contributed by atoms with E-state index in [0.29, 0.717) is 38.3 Å². The summed E-state index contributed by atoms with van der Waals surface area (Å²) in [7, 11) is 3.74. The minimum Gasteiger partial charge on any atom is -0.480 e. The normalized spacial score (nSPS) is 12.5. The number of carboxylic acids is 2. The van der Waals surface area contributed by atoms with E-state index in [1.54, 1.807) is 12.1 Å². The number of carbonyl (C=O) groups excluding carboxylic acids is 1. The molecule has 0 saturated heterocycles. The first-order valence-electron chi connectivity index (χ1n) is 9.04. The van der Waals surface area contributed by atoms with Crippen LogP contribution in [0.25, 0.3) is 0 Å². The molecule has 0 aliphatic heterocycles. The van der Waals surface area contributed by atoms with Gasteiger partial charge in [-0.15, -0.1) is 0 Å². The Morgan fingerprint density at radius 1 is 1.04 bits per heavy atom. The smallest absolute Gasteiger partial charge is 0.317 e. The number of nitrogens with zero attached hydrogens (tertiary/aromatic N) is 3. The van der Waals surface area contributed by atoms with Gasteiger partial charge in [0.2, 0.25) is 0 Å². The van der Waals surface area contributed by atoms with Crippen molar-refractivity contribution in [3.05, 3.63) is 29.8 Å². The molecule has 1 rings (SSSR count). The van der Waals surface area contributed by atoms with Crippen molar-refractivity contribution in [2.24, 2.45) is 0 Å². The minimum atomic E-state index is -1.07. The summed E-state index contributed by atoms with van der Waals surface area (Å²) in [6.45, 7) is 1.45. The molecule has 1 aromatic carbocycles. The fourth-order valence-corrected chi connectivity index (χ4v) is 2.91. The van der Waals surface area contributed by atoms with E-state index >= 15 is 0 Å². The van der Waals surface area contributed by atoms with Gasteiger partial charge in [0.15, 0.2) is 0 Å². The Balaban J connectivity index is 2.90. The van der Waals surface area contributed by atoms with Crippen LogP contribution in [0.3, 0.4) is 0 Å². The van der Waals surface area contributed by atoms with Gasteiger partial charge in [0, 0.05) is 31.4 Å². The first-order valence-corrected chi connectivity index (χ1v) is 9.04. The molecule has 0 radical (unpaired) electrons. The summed E-state index contributed by atoms with van der Waals surface area (Å²) in [5, 5.41) is 18.4. The quantitative estimate of drug-likeness (QED) is 0.288.